The molecule has 120 valence electrons. The number of esters is 1. The summed E-state index contributed by atoms with van der Waals surface area (Å²) in [4.78, 5) is 23.7. The van der Waals surface area contributed by atoms with E-state index in [1.165, 1.54) is 7.11 Å². The van der Waals surface area contributed by atoms with Gasteiger partial charge in [0, 0.05) is 4.47 Å². The molecule has 0 radical (unpaired) electrons. The van der Waals surface area contributed by atoms with Crippen LogP contribution in [-0.4, -0.2) is 25.6 Å². The molecular formula is C17H16BrNO4. The molecule has 23 heavy (non-hydrogen) atoms. The molecule has 0 heterocycles. The number of carbonyl (C=O) groups is 2. The molecule has 0 aliphatic carbocycles. The lowest BCUT2D eigenvalue weighted by Crippen LogP contribution is -2.20. The zero-order valence-corrected chi connectivity index (χ0v) is 14.1. The zero-order valence-electron chi connectivity index (χ0n) is 12.5. The van der Waals surface area contributed by atoms with Crippen molar-refractivity contribution in [2.45, 2.75) is 6.61 Å². The molecule has 0 saturated heterocycles. The van der Waals surface area contributed by atoms with Crippen LogP contribution in [0.2, 0.25) is 0 Å². The number of benzene rings is 2. The second kappa shape index (κ2) is 8.45. The molecule has 2 aromatic rings. The first kappa shape index (κ1) is 17.2. The Labute approximate surface area is 142 Å². The van der Waals surface area contributed by atoms with Crippen LogP contribution < -0.4 is 5.32 Å². The lowest BCUT2D eigenvalue weighted by molar-refractivity contribution is -0.121. The number of nitrogens with one attached hydrogen (secondary N) is 1. The fourth-order valence-corrected chi connectivity index (χ4v) is 2.29. The second-order valence-electron chi connectivity index (χ2n) is 4.71. The van der Waals surface area contributed by atoms with E-state index in [2.05, 4.69) is 21.2 Å². The number of halogens is 1. The Morgan fingerprint density at radius 3 is 2.57 bits per heavy atom. The Morgan fingerprint density at radius 2 is 1.87 bits per heavy atom. The molecular weight excluding hydrogens is 362 g/mol. The minimum atomic E-state index is -0.521. The number of anilines is 1. The summed E-state index contributed by atoms with van der Waals surface area (Å²) < 4.78 is 10.8. The molecule has 0 aromatic heterocycles. The van der Waals surface area contributed by atoms with Crippen LogP contribution in [0.5, 0.6) is 0 Å². The Bertz CT molecular complexity index is 688. The number of methoxy groups -OCH3 is 1. The lowest BCUT2D eigenvalue weighted by Gasteiger charge is -2.10. The van der Waals surface area contributed by atoms with Gasteiger partial charge in [0.15, 0.2) is 0 Å². The van der Waals surface area contributed by atoms with Gasteiger partial charge < -0.3 is 14.8 Å². The molecule has 5 nitrogen and oxygen atoms in total. The third-order valence-electron chi connectivity index (χ3n) is 3.01. The van der Waals surface area contributed by atoms with Crippen LogP contribution in [0.4, 0.5) is 5.69 Å². The molecule has 1 amide bonds. The van der Waals surface area contributed by atoms with Gasteiger partial charge in [0.1, 0.15) is 6.61 Å². The fraction of sp³-hybridized carbons (Fsp3) is 0.176. The second-order valence-corrected chi connectivity index (χ2v) is 5.62. The maximum atomic E-state index is 12.0. The van der Waals surface area contributed by atoms with E-state index in [0.29, 0.717) is 12.3 Å². The SMILES string of the molecule is COC(=O)c1cc(Br)ccc1NC(=O)COCc1ccccc1. The molecule has 1 N–H and O–H groups in total. The molecule has 0 aliphatic heterocycles. The topological polar surface area (TPSA) is 64.6 Å². The first-order chi connectivity index (χ1) is 11.1. The van der Waals surface area contributed by atoms with Crippen LogP contribution in [0.25, 0.3) is 0 Å². The summed E-state index contributed by atoms with van der Waals surface area (Å²) in [6.45, 7) is 0.240. The Kier molecular flexibility index (Phi) is 6.31. The molecule has 0 fully saturated rings. The van der Waals surface area contributed by atoms with Crippen LogP contribution in [0, 0.1) is 0 Å². The zero-order chi connectivity index (χ0) is 16.7. The third kappa shape index (κ3) is 5.19. The molecule has 0 saturated carbocycles. The number of ether oxygens (including phenoxy) is 2. The highest BCUT2D eigenvalue weighted by atomic mass is 79.9. The average molecular weight is 378 g/mol. The first-order valence-electron chi connectivity index (χ1n) is 6.89. The number of rotatable bonds is 6. The van der Waals surface area contributed by atoms with E-state index in [0.717, 1.165) is 10.0 Å². The van der Waals surface area contributed by atoms with Gasteiger partial charge in [0.25, 0.3) is 0 Å². The Morgan fingerprint density at radius 1 is 1.13 bits per heavy atom. The van der Waals surface area contributed by atoms with Gasteiger partial charge in [-0.1, -0.05) is 46.3 Å². The smallest absolute Gasteiger partial charge is 0.340 e. The lowest BCUT2D eigenvalue weighted by atomic mass is 10.2. The van der Waals surface area contributed by atoms with Crippen LogP contribution >= 0.6 is 15.9 Å². The predicted molar refractivity (Wildman–Crippen MR) is 90.2 cm³/mol. The molecule has 2 rings (SSSR count). The Balaban J connectivity index is 1.93. The number of carbonyl (C=O) groups excluding carboxylic acids is 2. The van der Waals surface area contributed by atoms with Crippen molar-refractivity contribution in [3.05, 3.63) is 64.1 Å². The van der Waals surface area contributed by atoms with Gasteiger partial charge >= 0.3 is 5.97 Å². The van der Waals surface area contributed by atoms with Crippen molar-refractivity contribution in [1.82, 2.24) is 0 Å². The predicted octanol–water partition coefficient (Wildman–Crippen LogP) is 3.39. The van der Waals surface area contributed by atoms with Crippen molar-refractivity contribution in [1.29, 1.82) is 0 Å². The highest BCUT2D eigenvalue weighted by Gasteiger charge is 2.14. The van der Waals surface area contributed by atoms with Gasteiger partial charge in [-0.05, 0) is 23.8 Å². The fourth-order valence-electron chi connectivity index (χ4n) is 1.93. The highest BCUT2D eigenvalue weighted by molar-refractivity contribution is 9.10. The maximum Gasteiger partial charge on any atom is 0.340 e. The molecule has 0 atom stereocenters. The summed E-state index contributed by atoms with van der Waals surface area (Å²) in [7, 11) is 1.29. The average Bonchev–Trinajstić information content (AvgIpc) is 2.56. The van der Waals surface area contributed by atoms with E-state index in [-0.39, 0.29) is 18.1 Å². The van der Waals surface area contributed by atoms with Crippen molar-refractivity contribution < 1.29 is 19.1 Å². The first-order valence-corrected chi connectivity index (χ1v) is 7.69. The molecule has 6 heteroatoms. The van der Waals surface area contributed by atoms with Crippen molar-refractivity contribution in [2.75, 3.05) is 19.0 Å². The highest BCUT2D eigenvalue weighted by Crippen LogP contribution is 2.22. The standard InChI is InChI=1S/C17H16BrNO4/c1-22-17(21)14-9-13(18)7-8-15(14)19-16(20)11-23-10-12-5-3-2-4-6-12/h2-9H,10-11H2,1H3,(H,19,20). The molecule has 2 aromatic carbocycles. The van der Waals surface area contributed by atoms with Crippen LogP contribution in [0.3, 0.4) is 0 Å². The summed E-state index contributed by atoms with van der Waals surface area (Å²) in [6.07, 6.45) is 0. The van der Waals surface area contributed by atoms with Gasteiger partial charge in [-0.15, -0.1) is 0 Å². The van der Waals surface area contributed by atoms with E-state index < -0.39 is 5.97 Å². The van der Waals surface area contributed by atoms with E-state index >= 15 is 0 Å². The number of hydrogen-bond donors (Lipinski definition) is 1. The van der Waals surface area contributed by atoms with Gasteiger partial charge in [0.05, 0.1) is 25.0 Å². The van der Waals surface area contributed by atoms with Crippen molar-refractivity contribution >= 4 is 33.5 Å². The summed E-state index contributed by atoms with van der Waals surface area (Å²) in [5.41, 5.74) is 1.64. The largest absolute Gasteiger partial charge is 0.465 e. The van der Waals surface area contributed by atoms with Crippen molar-refractivity contribution in [2.24, 2.45) is 0 Å². The molecule has 0 unspecified atom stereocenters. The minimum absolute atomic E-state index is 0.106. The van der Waals surface area contributed by atoms with Crippen LogP contribution in [0.15, 0.2) is 53.0 Å². The third-order valence-corrected chi connectivity index (χ3v) is 3.50. The Hall–Kier alpha value is -2.18. The quantitative estimate of drug-likeness (QED) is 0.783. The van der Waals surface area contributed by atoms with Crippen LogP contribution in [-0.2, 0) is 20.9 Å². The van der Waals surface area contributed by atoms with Crippen molar-refractivity contribution in [3.63, 3.8) is 0 Å². The van der Waals surface area contributed by atoms with Crippen molar-refractivity contribution in [3.8, 4) is 0 Å². The molecule has 0 spiro atoms. The van der Waals surface area contributed by atoms with Gasteiger partial charge in [-0.2, -0.15) is 0 Å². The van der Waals surface area contributed by atoms with Gasteiger partial charge in [-0.25, -0.2) is 4.79 Å². The normalized spacial score (nSPS) is 10.2. The summed E-state index contributed by atoms with van der Waals surface area (Å²) in [5, 5.41) is 2.65. The summed E-state index contributed by atoms with van der Waals surface area (Å²) in [5.74, 6) is -0.861. The number of amides is 1. The number of hydrogen-bond acceptors (Lipinski definition) is 4. The maximum absolute atomic E-state index is 12.0. The minimum Gasteiger partial charge on any atom is -0.465 e. The molecule has 0 bridgehead atoms. The molecule has 0 aliphatic rings. The summed E-state index contributed by atoms with van der Waals surface area (Å²) in [6, 6.07) is 14.5. The van der Waals surface area contributed by atoms with Crippen LogP contribution in [0.1, 0.15) is 15.9 Å². The monoisotopic (exact) mass is 377 g/mol. The summed E-state index contributed by atoms with van der Waals surface area (Å²) >= 11 is 3.28. The van der Waals surface area contributed by atoms with Gasteiger partial charge in [-0.3, -0.25) is 4.79 Å². The van der Waals surface area contributed by atoms with E-state index in [9.17, 15) is 9.59 Å². The van der Waals surface area contributed by atoms with E-state index in [1.54, 1.807) is 18.2 Å². The van der Waals surface area contributed by atoms with Gasteiger partial charge in [0.2, 0.25) is 5.91 Å². The van der Waals surface area contributed by atoms with E-state index in [4.69, 9.17) is 9.47 Å². The van der Waals surface area contributed by atoms with E-state index in [1.807, 2.05) is 30.3 Å².